The second-order valence-corrected chi connectivity index (χ2v) is 5.58. The molecule has 3 N–H and O–H groups in total. The van der Waals surface area contributed by atoms with Gasteiger partial charge in [-0.15, -0.1) is 0 Å². The van der Waals surface area contributed by atoms with E-state index in [9.17, 15) is 10.2 Å². The zero-order valence-electron chi connectivity index (χ0n) is 9.69. The molecule has 2 rings (SSSR count). The Morgan fingerprint density at radius 1 is 1.24 bits per heavy atom. The van der Waals surface area contributed by atoms with E-state index in [4.69, 9.17) is 0 Å². The van der Waals surface area contributed by atoms with E-state index in [2.05, 4.69) is 21.2 Å². The predicted molar refractivity (Wildman–Crippen MR) is 70.9 cm³/mol. The molecule has 0 heterocycles. The van der Waals surface area contributed by atoms with Crippen molar-refractivity contribution in [1.82, 2.24) is 5.32 Å². The van der Waals surface area contributed by atoms with Crippen LogP contribution in [0.2, 0.25) is 0 Å². The number of hydrogen-bond acceptors (Lipinski definition) is 3. The molecule has 0 amide bonds. The van der Waals surface area contributed by atoms with Gasteiger partial charge in [0, 0.05) is 22.6 Å². The summed E-state index contributed by atoms with van der Waals surface area (Å²) in [5.74, 6) is 0.330. The highest BCUT2D eigenvalue weighted by molar-refractivity contribution is 9.10. The highest BCUT2D eigenvalue weighted by Gasteiger charge is 2.18. The Hall–Kier alpha value is -0.580. The lowest BCUT2D eigenvalue weighted by Crippen LogP contribution is -2.34. The van der Waals surface area contributed by atoms with Crippen molar-refractivity contribution in [2.45, 2.75) is 44.4 Å². The van der Waals surface area contributed by atoms with Gasteiger partial charge in [0.15, 0.2) is 0 Å². The van der Waals surface area contributed by atoms with E-state index in [1.807, 2.05) is 12.1 Å². The normalized spacial score (nSPS) is 24.8. The van der Waals surface area contributed by atoms with Gasteiger partial charge in [0.1, 0.15) is 5.75 Å². The Kier molecular flexibility index (Phi) is 4.42. The second-order valence-electron chi connectivity index (χ2n) is 4.66. The van der Waals surface area contributed by atoms with Gasteiger partial charge < -0.3 is 15.5 Å². The quantitative estimate of drug-likeness (QED) is 0.804. The van der Waals surface area contributed by atoms with Crippen LogP contribution < -0.4 is 5.32 Å². The van der Waals surface area contributed by atoms with Gasteiger partial charge in [-0.05, 0) is 43.9 Å². The number of aromatic hydroxyl groups is 1. The van der Waals surface area contributed by atoms with Crippen LogP contribution in [0.1, 0.15) is 31.2 Å². The van der Waals surface area contributed by atoms with E-state index in [0.29, 0.717) is 18.3 Å². The summed E-state index contributed by atoms with van der Waals surface area (Å²) >= 11 is 3.40. The number of benzene rings is 1. The Bertz CT molecular complexity index is 376. The van der Waals surface area contributed by atoms with Gasteiger partial charge in [-0.25, -0.2) is 0 Å². The number of aliphatic hydroxyl groups is 1. The van der Waals surface area contributed by atoms with Crippen LogP contribution in [0.15, 0.2) is 22.7 Å². The largest absolute Gasteiger partial charge is 0.508 e. The minimum atomic E-state index is -0.118. The fraction of sp³-hybridized carbons (Fsp3) is 0.538. The number of nitrogens with one attached hydrogen (secondary N) is 1. The first-order chi connectivity index (χ1) is 8.15. The average molecular weight is 300 g/mol. The molecular weight excluding hydrogens is 282 g/mol. The summed E-state index contributed by atoms with van der Waals surface area (Å²) in [6.45, 7) is 0.673. The molecule has 0 saturated heterocycles. The molecule has 0 unspecified atom stereocenters. The Morgan fingerprint density at radius 3 is 2.65 bits per heavy atom. The van der Waals surface area contributed by atoms with Crippen molar-refractivity contribution in [2.75, 3.05) is 0 Å². The maximum atomic E-state index is 9.71. The molecule has 94 valence electrons. The van der Waals surface area contributed by atoms with Crippen LogP contribution in [0, 0.1) is 0 Å². The third-order valence-corrected chi connectivity index (χ3v) is 3.81. The van der Waals surface area contributed by atoms with Crippen LogP contribution in [0.3, 0.4) is 0 Å². The summed E-state index contributed by atoms with van der Waals surface area (Å²) in [6, 6.07) is 5.92. The molecule has 1 aliphatic carbocycles. The Morgan fingerprint density at radius 2 is 1.94 bits per heavy atom. The first kappa shape index (κ1) is 12.9. The topological polar surface area (TPSA) is 52.5 Å². The van der Waals surface area contributed by atoms with Crippen molar-refractivity contribution in [3.8, 4) is 5.75 Å². The Balaban J connectivity index is 1.87. The van der Waals surface area contributed by atoms with Crippen LogP contribution >= 0.6 is 15.9 Å². The molecule has 0 aromatic heterocycles. The molecule has 1 aromatic rings. The third-order valence-electron chi connectivity index (χ3n) is 3.32. The van der Waals surface area contributed by atoms with Crippen LogP contribution in [0.5, 0.6) is 5.75 Å². The summed E-state index contributed by atoms with van der Waals surface area (Å²) in [4.78, 5) is 0. The molecule has 0 aliphatic heterocycles. The summed E-state index contributed by atoms with van der Waals surface area (Å²) in [5.41, 5.74) is 0.908. The van der Waals surface area contributed by atoms with Crippen molar-refractivity contribution in [3.63, 3.8) is 0 Å². The van der Waals surface area contributed by atoms with Gasteiger partial charge in [0.25, 0.3) is 0 Å². The number of hydrogen-bond donors (Lipinski definition) is 3. The summed E-state index contributed by atoms with van der Waals surface area (Å²) in [5, 5.41) is 22.6. The van der Waals surface area contributed by atoms with Crippen molar-refractivity contribution >= 4 is 15.9 Å². The van der Waals surface area contributed by atoms with E-state index in [1.165, 1.54) is 0 Å². The number of rotatable bonds is 3. The number of phenols is 1. The van der Waals surface area contributed by atoms with E-state index >= 15 is 0 Å². The summed E-state index contributed by atoms with van der Waals surface area (Å²) in [7, 11) is 0. The van der Waals surface area contributed by atoms with Crippen LogP contribution in [0.25, 0.3) is 0 Å². The van der Waals surface area contributed by atoms with E-state index in [1.54, 1.807) is 6.07 Å². The summed E-state index contributed by atoms with van der Waals surface area (Å²) in [6.07, 6.45) is 3.66. The molecule has 0 atom stereocenters. The third kappa shape index (κ3) is 3.69. The molecule has 3 nitrogen and oxygen atoms in total. The van der Waals surface area contributed by atoms with Gasteiger partial charge >= 0.3 is 0 Å². The molecule has 1 fully saturated rings. The molecule has 1 aromatic carbocycles. The maximum Gasteiger partial charge on any atom is 0.120 e. The van der Waals surface area contributed by atoms with E-state index in [-0.39, 0.29) is 6.10 Å². The number of phenolic OH excluding ortho intramolecular Hbond substituents is 1. The van der Waals surface area contributed by atoms with Crippen LogP contribution in [0.4, 0.5) is 0 Å². The van der Waals surface area contributed by atoms with Gasteiger partial charge in [0.2, 0.25) is 0 Å². The fourth-order valence-corrected chi connectivity index (χ4v) is 2.64. The Labute approximate surface area is 110 Å². The van der Waals surface area contributed by atoms with Crippen LogP contribution in [-0.2, 0) is 6.54 Å². The molecule has 1 aliphatic rings. The van der Waals surface area contributed by atoms with E-state index in [0.717, 1.165) is 35.7 Å². The SMILES string of the molecule is Oc1ccc(Br)cc1CNC1CCC(O)CC1. The molecule has 0 bridgehead atoms. The van der Waals surface area contributed by atoms with Gasteiger partial charge in [-0.2, -0.15) is 0 Å². The number of halogens is 1. The summed E-state index contributed by atoms with van der Waals surface area (Å²) < 4.78 is 0.978. The van der Waals surface area contributed by atoms with Gasteiger partial charge in [-0.1, -0.05) is 15.9 Å². The van der Waals surface area contributed by atoms with Crippen LogP contribution in [-0.4, -0.2) is 22.4 Å². The highest BCUT2D eigenvalue weighted by Crippen LogP contribution is 2.23. The first-order valence-corrected chi connectivity index (χ1v) is 6.83. The van der Waals surface area contributed by atoms with Gasteiger partial charge in [-0.3, -0.25) is 0 Å². The average Bonchev–Trinajstić information content (AvgIpc) is 2.32. The molecule has 4 heteroatoms. The molecule has 17 heavy (non-hydrogen) atoms. The smallest absolute Gasteiger partial charge is 0.120 e. The number of aliphatic hydroxyl groups excluding tert-OH is 1. The second kappa shape index (κ2) is 5.85. The van der Waals surface area contributed by atoms with Crippen molar-refractivity contribution in [1.29, 1.82) is 0 Å². The minimum Gasteiger partial charge on any atom is -0.508 e. The molecule has 1 saturated carbocycles. The minimum absolute atomic E-state index is 0.118. The fourth-order valence-electron chi connectivity index (χ4n) is 2.23. The standard InChI is InChI=1S/C13H18BrNO2/c14-10-1-6-13(17)9(7-10)8-15-11-2-4-12(16)5-3-11/h1,6-7,11-12,15-17H,2-5,8H2. The van der Waals surface area contributed by atoms with Gasteiger partial charge in [0.05, 0.1) is 6.10 Å². The molecular formula is C13H18BrNO2. The highest BCUT2D eigenvalue weighted by atomic mass is 79.9. The molecule has 0 radical (unpaired) electrons. The first-order valence-electron chi connectivity index (χ1n) is 6.04. The van der Waals surface area contributed by atoms with E-state index < -0.39 is 0 Å². The van der Waals surface area contributed by atoms with Crippen molar-refractivity contribution in [2.24, 2.45) is 0 Å². The maximum absolute atomic E-state index is 9.71. The van der Waals surface area contributed by atoms with Crippen molar-refractivity contribution in [3.05, 3.63) is 28.2 Å². The lowest BCUT2D eigenvalue weighted by Gasteiger charge is -2.26. The van der Waals surface area contributed by atoms with Crippen molar-refractivity contribution < 1.29 is 10.2 Å². The predicted octanol–water partition coefficient (Wildman–Crippen LogP) is 2.55. The zero-order chi connectivity index (χ0) is 12.3. The monoisotopic (exact) mass is 299 g/mol. The molecule has 0 spiro atoms. The lowest BCUT2D eigenvalue weighted by molar-refractivity contribution is 0.116. The lowest BCUT2D eigenvalue weighted by atomic mass is 9.93. The zero-order valence-corrected chi connectivity index (χ0v) is 11.3.